The molecule has 1 aromatic heterocycles. The summed E-state index contributed by atoms with van der Waals surface area (Å²) in [4.78, 5) is 4.39. The van der Waals surface area contributed by atoms with E-state index in [1.165, 1.54) is 11.5 Å². The second kappa shape index (κ2) is 5.25. The lowest BCUT2D eigenvalue weighted by atomic mass is 10.0. The quantitative estimate of drug-likeness (QED) is 0.797. The van der Waals surface area contributed by atoms with Crippen molar-refractivity contribution in [2.75, 3.05) is 0 Å². The molecule has 7 heteroatoms. The summed E-state index contributed by atoms with van der Waals surface area (Å²) in [6, 6.07) is -0.171. The summed E-state index contributed by atoms with van der Waals surface area (Å²) in [5.41, 5.74) is 2.85. The molecule has 0 radical (unpaired) electrons. The van der Waals surface area contributed by atoms with Gasteiger partial charge in [0.15, 0.2) is 0 Å². The molecule has 1 atom stereocenters. The van der Waals surface area contributed by atoms with Crippen molar-refractivity contribution in [3.8, 4) is 0 Å². The first-order valence-electron chi connectivity index (χ1n) is 5.55. The molecule has 2 aliphatic rings. The van der Waals surface area contributed by atoms with Crippen molar-refractivity contribution in [1.29, 1.82) is 0 Å². The van der Waals surface area contributed by atoms with Crippen LogP contribution in [0.25, 0.3) is 0 Å². The molecule has 1 N–H and O–H groups in total. The third-order valence-electron chi connectivity index (χ3n) is 2.88. The van der Waals surface area contributed by atoms with Gasteiger partial charge in [-0.15, -0.1) is 0 Å². The van der Waals surface area contributed by atoms with Crippen LogP contribution in [0.15, 0.2) is 40.6 Å². The summed E-state index contributed by atoms with van der Waals surface area (Å²) in [5.74, 6) is 0. The maximum absolute atomic E-state index is 6.15. The van der Waals surface area contributed by atoms with Crippen LogP contribution in [0.5, 0.6) is 0 Å². The standard InChI is InChI=1S/C12H9Cl2N3S2/c13-9-10(17-19-11(9)14)8-5-7(15-12(18)16-8)6-3-1-2-4-6/h1-4,8H,5H2,(H2,15,16,18)/p-1. The van der Waals surface area contributed by atoms with Crippen LogP contribution in [0.3, 0.4) is 0 Å². The molecule has 3 rings (SSSR count). The molecule has 2 heterocycles. The van der Waals surface area contributed by atoms with Crippen molar-refractivity contribution in [3.63, 3.8) is 0 Å². The van der Waals surface area contributed by atoms with Gasteiger partial charge in [0.05, 0.1) is 16.8 Å². The van der Waals surface area contributed by atoms with Crippen LogP contribution in [0.4, 0.5) is 0 Å². The van der Waals surface area contributed by atoms with Gasteiger partial charge in [-0.1, -0.05) is 47.5 Å². The maximum atomic E-state index is 6.15. The predicted octanol–water partition coefficient (Wildman–Crippen LogP) is 3.77. The Hall–Kier alpha value is -0.880. The molecule has 0 spiro atoms. The number of halogens is 2. The first kappa shape index (κ1) is 13.1. The van der Waals surface area contributed by atoms with E-state index >= 15 is 0 Å². The third kappa shape index (κ3) is 2.56. The Balaban J connectivity index is 1.97. The Labute approximate surface area is 130 Å². The molecule has 3 nitrogen and oxygen atoms in total. The van der Waals surface area contributed by atoms with E-state index in [0.717, 1.165) is 11.3 Å². The fourth-order valence-corrected chi connectivity index (χ4v) is 3.34. The minimum Gasteiger partial charge on any atom is -0.743 e. The van der Waals surface area contributed by atoms with Gasteiger partial charge in [-0.2, -0.15) is 4.37 Å². The lowest BCUT2D eigenvalue weighted by Crippen LogP contribution is -2.28. The highest BCUT2D eigenvalue weighted by Gasteiger charge is 2.24. The third-order valence-corrected chi connectivity index (χ3v) is 4.72. The lowest BCUT2D eigenvalue weighted by molar-refractivity contribution is 0.658. The number of hydrogen-bond acceptors (Lipinski definition) is 5. The van der Waals surface area contributed by atoms with Gasteiger partial charge in [-0.3, -0.25) is 4.99 Å². The number of hydrogen-bond donors (Lipinski definition) is 1. The molecule has 0 aromatic carbocycles. The lowest BCUT2D eigenvalue weighted by Gasteiger charge is -2.28. The summed E-state index contributed by atoms with van der Waals surface area (Å²) >= 11 is 18.5. The molecule has 0 saturated carbocycles. The molecule has 1 aromatic rings. The number of nitrogens with zero attached hydrogens (tertiary/aromatic N) is 2. The van der Waals surface area contributed by atoms with Crippen LogP contribution in [-0.2, 0) is 12.6 Å². The average Bonchev–Trinajstić information content (AvgIpc) is 3.01. The van der Waals surface area contributed by atoms with E-state index in [4.69, 9.17) is 35.8 Å². The Bertz CT molecular complexity index is 629. The van der Waals surface area contributed by atoms with Crippen LogP contribution in [-0.4, -0.2) is 9.54 Å². The molecule has 0 bridgehead atoms. The molecule has 1 aliphatic heterocycles. The summed E-state index contributed by atoms with van der Waals surface area (Å²) in [6.45, 7) is 0. The van der Waals surface area contributed by atoms with Crippen LogP contribution in [0.2, 0.25) is 9.36 Å². The minimum absolute atomic E-state index is 0.171. The Kier molecular flexibility index (Phi) is 3.62. The molecule has 0 saturated heterocycles. The second-order valence-corrected chi connectivity index (χ2v) is 6.23. The van der Waals surface area contributed by atoms with Crippen LogP contribution in [0.1, 0.15) is 18.2 Å². The Morgan fingerprint density at radius 3 is 2.68 bits per heavy atom. The molecule has 98 valence electrons. The van der Waals surface area contributed by atoms with Gasteiger partial charge in [-0.05, 0) is 22.3 Å². The van der Waals surface area contributed by atoms with E-state index in [1.54, 1.807) is 0 Å². The van der Waals surface area contributed by atoms with Crippen molar-refractivity contribution in [2.24, 2.45) is 4.99 Å². The predicted molar refractivity (Wildman–Crippen MR) is 82.7 cm³/mol. The summed E-state index contributed by atoms with van der Waals surface area (Å²) in [6.07, 6.45) is 8.72. The maximum Gasteiger partial charge on any atom is 0.132 e. The first-order valence-corrected chi connectivity index (χ1v) is 7.49. The van der Waals surface area contributed by atoms with E-state index in [-0.39, 0.29) is 6.04 Å². The number of aliphatic imine (C=N–C) groups is 1. The molecule has 0 fully saturated rings. The number of allylic oxidation sites excluding steroid dienone is 5. The molecule has 1 aliphatic carbocycles. The van der Waals surface area contributed by atoms with Crippen molar-refractivity contribution in [2.45, 2.75) is 12.5 Å². The van der Waals surface area contributed by atoms with Crippen molar-refractivity contribution >= 4 is 52.5 Å². The summed E-state index contributed by atoms with van der Waals surface area (Å²) in [5, 5.41) is 4.06. The van der Waals surface area contributed by atoms with Crippen molar-refractivity contribution in [1.82, 2.24) is 9.69 Å². The number of nitrogens with one attached hydrogen (secondary N) is 1. The van der Waals surface area contributed by atoms with Crippen LogP contribution >= 0.6 is 34.7 Å². The highest BCUT2D eigenvalue weighted by Crippen LogP contribution is 2.38. The smallest absolute Gasteiger partial charge is 0.132 e. The van der Waals surface area contributed by atoms with Crippen LogP contribution < -0.4 is 5.32 Å². The van der Waals surface area contributed by atoms with Gasteiger partial charge in [0.2, 0.25) is 0 Å². The summed E-state index contributed by atoms with van der Waals surface area (Å²) < 4.78 is 4.76. The van der Waals surface area contributed by atoms with E-state index in [2.05, 4.69) is 14.7 Å². The molecular formula is C12H8Cl2N3S2-. The zero-order valence-electron chi connectivity index (χ0n) is 9.56. The molecule has 19 heavy (non-hydrogen) atoms. The highest BCUT2D eigenvalue weighted by atomic mass is 35.5. The number of amidine groups is 1. The van der Waals surface area contributed by atoms with Gasteiger partial charge in [0.1, 0.15) is 4.34 Å². The van der Waals surface area contributed by atoms with E-state index in [0.29, 0.717) is 26.6 Å². The van der Waals surface area contributed by atoms with E-state index in [1.807, 2.05) is 24.3 Å². The van der Waals surface area contributed by atoms with Gasteiger partial charge >= 0.3 is 0 Å². The number of rotatable bonds is 1. The Morgan fingerprint density at radius 2 is 2.05 bits per heavy atom. The normalized spacial score (nSPS) is 21.8. The fraction of sp³-hybridized carbons (Fsp3) is 0.167. The minimum atomic E-state index is -0.171. The Morgan fingerprint density at radius 1 is 1.32 bits per heavy atom. The van der Waals surface area contributed by atoms with Gasteiger partial charge in [0.25, 0.3) is 0 Å². The molecule has 1 unspecified atom stereocenters. The van der Waals surface area contributed by atoms with Crippen LogP contribution in [0, 0.1) is 0 Å². The zero-order valence-corrected chi connectivity index (χ0v) is 12.7. The van der Waals surface area contributed by atoms with E-state index < -0.39 is 0 Å². The molecular weight excluding hydrogens is 321 g/mol. The fourth-order valence-electron chi connectivity index (χ4n) is 1.99. The second-order valence-electron chi connectivity index (χ2n) is 4.09. The summed E-state index contributed by atoms with van der Waals surface area (Å²) in [7, 11) is 0. The zero-order chi connectivity index (χ0) is 13.4. The van der Waals surface area contributed by atoms with E-state index in [9.17, 15) is 0 Å². The van der Waals surface area contributed by atoms with Gasteiger partial charge < -0.3 is 17.9 Å². The number of aromatic nitrogens is 1. The van der Waals surface area contributed by atoms with Crippen molar-refractivity contribution < 1.29 is 0 Å². The highest BCUT2D eigenvalue weighted by molar-refractivity contribution is 7.77. The first-order chi connectivity index (χ1) is 9.15. The average molecular weight is 329 g/mol. The van der Waals surface area contributed by atoms with Gasteiger partial charge in [-0.25, -0.2) is 0 Å². The van der Waals surface area contributed by atoms with Crippen molar-refractivity contribution in [3.05, 3.63) is 50.6 Å². The topological polar surface area (TPSA) is 37.3 Å². The monoisotopic (exact) mass is 328 g/mol. The molecule has 0 amide bonds. The SMILES string of the molecule is [S-]C1=NC(c2nsc(Cl)c2Cl)CC(=C2C=CC=C2)N1. The largest absolute Gasteiger partial charge is 0.743 e. The van der Waals surface area contributed by atoms with Gasteiger partial charge in [0, 0.05) is 12.1 Å².